The van der Waals surface area contributed by atoms with Crippen molar-refractivity contribution >= 4 is 23.5 Å². The molecule has 21 heavy (non-hydrogen) atoms. The van der Waals surface area contributed by atoms with E-state index in [4.69, 9.17) is 5.11 Å². The molecular weight excluding hydrogens is 268 g/mol. The second kappa shape index (κ2) is 5.57. The van der Waals surface area contributed by atoms with Gasteiger partial charge in [-0.15, -0.1) is 0 Å². The number of carbonyl (C=O) groups is 1. The molecule has 2 aromatic rings. The number of nitrogens with zero attached hydrogens (tertiary/aromatic N) is 4. The molecular formula is C15H18N4O2. The molecule has 0 radical (unpaired) electrons. The number of fused-ring (bicyclic) bond motifs is 1. The fourth-order valence-electron chi connectivity index (χ4n) is 2.56. The van der Waals surface area contributed by atoms with Gasteiger partial charge in [0.2, 0.25) is 0 Å². The zero-order valence-corrected chi connectivity index (χ0v) is 11.9. The molecule has 1 saturated heterocycles. The van der Waals surface area contributed by atoms with E-state index in [-0.39, 0.29) is 0 Å². The summed E-state index contributed by atoms with van der Waals surface area (Å²) < 4.78 is 1.92. The van der Waals surface area contributed by atoms with Crippen LogP contribution in [0.4, 0.5) is 5.82 Å². The van der Waals surface area contributed by atoms with Gasteiger partial charge in [-0.1, -0.05) is 6.07 Å². The summed E-state index contributed by atoms with van der Waals surface area (Å²) >= 11 is 0. The molecule has 0 amide bonds. The van der Waals surface area contributed by atoms with Gasteiger partial charge < -0.3 is 14.9 Å². The van der Waals surface area contributed by atoms with Crippen molar-refractivity contribution < 1.29 is 9.90 Å². The van der Waals surface area contributed by atoms with E-state index in [1.165, 1.54) is 0 Å². The maximum atomic E-state index is 10.8. The predicted molar refractivity (Wildman–Crippen MR) is 81.6 cm³/mol. The maximum absolute atomic E-state index is 10.8. The van der Waals surface area contributed by atoms with Gasteiger partial charge in [0.05, 0.1) is 5.69 Å². The van der Waals surface area contributed by atoms with E-state index in [0.717, 1.165) is 49.4 Å². The number of piperazine rings is 1. The normalized spacial score (nSPS) is 16.9. The lowest BCUT2D eigenvalue weighted by atomic mass is 10.3. The Morgan fingerprint density at radius 3 is 2.76 bits per heavy atom. The lowest BCUT2D eigenvalue weighted by Gasteiger charge is -2.32. The SMILES string of the molecule is CN1CCN(c2nc3ccccn3c2/C=C/C(=O)O)CC1. The highest BCUT2D eigenvalue weighted by atomic mass is 16.4. The van der Waals surface area contributed by atoms with Crippen LogP contribution in [-0.2, 0) is 4.79 Å². The van der Waals surface area contributed by atoms with E-state index in [1.807, 2.05) is 28.8 Å². The second-order valence-electron chi connectivity index (χ2n) is 5.21. The summed E-state index contributed by atoms with van der Waals surface area (Å²) in [6, 6.07) is 5.78. The molecule has 0 spiro atoms. The number of aromatic nitrogens is 2. The van der Waals surface area contributed by atoms with Gasteiger partial charge in [-0.3, -0.25) is 4.40 Å². The molecule has 6 heteroatoms. The minimum absolute atomic E-state index is 0.817. The van der Waals surface area contributed by atoms with Crippen molar-refractivity contribution in [2.45, 2.75) is 0 Å². The van der Waals surface area contributed by atoms with Crippen molar-refractivity contribution in [2.24, 2.45) is 0 Å². The first-order chi connectivity index (χ1) is 10.1. The number of carboxylic acid groups (broad SMARTS) is 1. The summed E-state index contributed by atoms with van der Waals surface area (Å²) in [6.07, 6.45) is 4.69. The Bertz CT molecular complexity index is 684. The van der Waals surface area contributed by atoms with Crippen LogP contribution in [0.1, 0.15) is 5.69 Å². The first-order valence-electron chi connectivity index (χ1n) is 6.97. The summed E-state index contributed by atoms with van der Waals surface area (Å²) in [5.41, 5.74) is 1.65. The van der Waals surface area contributed by atoms with Crippen LogP contribution in [0.5, 0.6) is 0 Å². The smallest absolute Gasteiger partial charge is 0.328 e. The monoisotopic (exact) mass is 286 g/mol. The number of hydrogen-bond donors (Lipinski definition) is 1. The number of likely N-dealkylation sites (N-methyl/N-ethyl adjacent to an activating group) is 1. The van der Waals surface area contributed by atoms with E-state index in [0.29, 0.717) is 0 Å². The molecule has 0 aromatic carbocycles. The Labute approximate surface area is 122 Å². The van der Waals surface area contributed by atoms with Crippen LogP contribution in [0.15, 0.2) is 30.5 Å². The number of rotatable bonds is 3. The molecule has 1 N–H and O–H groups in total. The third kappa shape index (κ3) is 2.75. The topological polar surface area (TPSA) is 61.1 Å². The highest BCUT2D eigenvalue weighted by molar-refractivity contribution is 5.86. The van der Waals surface area contributed by atoms with E-state index < -0.39 is 5.97 Å². The van der Waals surface area contributed by atoms with E-state index in [1.54, 1.807) is 6.08 Å². The molecule has 1 aliphatic rings. The molecule has 3 heterocycles. The molecule has 0 bridgehead atoms. The second-order valence-corrected chi connectivity index (χ2v) is 5.21. The number of imidazole rings is 1. The summed E-state index contributed by atoms with van der Waals surface area (Å²) in [5.74, 6) is -0.1000. The standard InChI is InChI=1S/C15H18N4O2/c1-17-8-10-18(11-9-17)15-12(5-6-14(20)21)19-7-3-2-4-13(19)16-15/h2-7H,8-11H2,1H3,(H,20,21)/b6-5+. The molecule has 1 aliphatic heterocycles. The zero-order valence-electron chi connectivity index (χ0n) is 11.9. The van der Waals surface area contributed by atoms with Crippen LogP contribution in [0.2, 0.25) is 0 Å². The average Bonchev–Trinajstić information content (AvgIpc) is 2.84. The molecule has 6 nitrogen and oxygen atoms in total. The van der Waals surface area contributed by atoms with Crippen LogP contribution in [0.3, 0.4) is 0 Å². The Morgan fingerprint density at radius 1 is 1.29 bits per heavy atom. The number of carboxylic acids is 1. The van der Waals surface area contributed by atoms with Gasteiger partial charge >= 0.3 is 5.97 Å². The third-order valence-electron chi connectivity index (χ3n) is 3.73. The lowest BCUT2D eigenvalue weighted by Crippen LogP contribution is -2.44. The molecule has 1 fully saturated rings. The van der Waals surface area contributed by atoms with Crippen molar-refractivity contribution in [3.63, 3.8) is 0 Å². The fraction of sp³-hybridized carbons (Fsp3) is 0.333. The summed E-state index contributed by atoms with van der Waals surface area (Å²) in [6.45, 7) is 3.76. The van der Waals surface area contributed by atoms with Gasteiger partial charge in [-0.05, 0) is 25.3 Å². The zero-order chi connectivity index (χ0) is 14.8. The van der Waals surface area contributed by atoms with E-state index in [9.17, 15) is 4.79 Å². The number of anilines is 1. The molecule has 110 valence electrons. The summed E-state index contributed by atoms with van der Waals surface area (Å²) in [4.78, 5) is 20.0. The van der Waals surface area contributed by atoms with Crippen LogP contribution in [-0.4, -0.2) is 58.6 Å². The van der Waals surface area contributed by atoms with Crippen molar-refractivity contribution in [3.05, 3.63) is 36.2 Å². The summed E-state index contributed by atoms with van der Waals surface area (Å²) in [7, 11) is 2.10. The van der Waals surface area contributed by atoms with Crippen molar-refractivity contribution in [2.75, 3.05) is 38.1 Å². The summed E-state index contributed by atoms with van der Waals surface area (Å²) in [5, 5.41) is 8.88. The van der Waals surface area contributed by atoms with Gasteiger partial charge in [-0.25, -0.2) is 9.78 Å². The number of aliphatic carboxylic acids is 1. The largest absolute Gasteiger partial charge is 0.478 e. The van der Waals surface area contributed by atoms with E-state index in [2.05, 4.69) is 21.8 Å². The fourth-order valence-corrected chi connectivity index (χ4v) is 2.56. The van der Waals surface area contributed by atoms with Crippen molar-refractivity contribution in [3.8, 4) is 0 Å². The van der Waals surface area contributed by atoms with Gasteiger partial charge in [0.1, 0.15) is 5.65 Å². The Morgan fingerprint density at radius 2 is 2.05 bits per heavy atom. The quantitative estimate of drug-likeness (QED) is 0.859. The first-order valence-corrected chi connectivity index (χ1v) is 6.97. The number of pyridine rings is 1. The minimum atomic E-state index is -0.954. The van der Waals surface area contributed by atoms with Crippen LogP contribution in [0, 0.1) is 0 Å². The predicted octanol–water partition coefficient (Wildman–Crippen LogP) is 1.18. The van der Waals surface area contributed by atoms with Crippen molar-refractivity contribution in [1.29, 1.82) is 0 Å². The highest BCUT2D eigenvalue weighted by Crippen LogP contribution is 2.24. The molecule has 2 aromatic heterocycles. The van der Waals surface area contributed by atoms with Gasteiger partial charge in [0, 0.05) is 38.5 Å². The van der Waals surface area contributed by atoms with Gasteiger partial charge in [0.25, 0.3) is 0 Å². The van der Waals surface area contributed by atoms with Crippen LogP contribution >= 0.6 is 0 Å². The number of hydrogen-bond acceptors (Lipinski definition) is 4. The molecule has 0 saturated carbocycles. The lowest BCUT2D eigenvalue weighted by molar-refractivity contribution is -0.131. The van der Waals surface area contributed by atoms with Crippen molar-refractivity contribution in [1.82, 2.24) is 14.3 Å². The van der Waals surface area contributed by atoms with Gasteiger partial charge in [0.15, 0.2) is 5.82 Å². The van der Waals surface area contributed by atoms with Gasteiger partial charge in [-0.2, -0.15) is 0 Å². The van der Waals surface area contributed by atoms with Crippen LogP contribution < -0.4 is 4.90 Å². The van der Waals surface area contributed by atoms with E-state index >= 15 is 0 Å². The molecule has 0 atom stereocenters. The molecule has 0 unspecified atom stereocenters. The minimum Gasteiger partial charge on any atom is -0.478 e. The Kier molecular flexibility index (Phi) is 3.62. The third-order valence-corrected chi connectivity index (χ3v) is 3.73. The first kappa shape index (κ1) is 13.6. The molecule has 0 aliphatic carbocycles. The Balaban J connectivity index is 2.04. The van der Waals surface area contributed by atoms with Crippen LogP contribution in [0.25, 0.3) is 11.7 Å². The maximum Gasteiger partial charge on any atom is 0.328 e. The highest BCUT2D eigenvalue weighted by Gasteiger charge is 2.20. The average molecular weight is 286 g/mol. The molecule has 3 rings (SSSR count). The Hall–Kier alpha value is -2.34.